The predicted octanol–water partition coefficient (Wildman–Crippen LogP) is 3.62. The maximum absolute atomic E-state index is 13.3. The Morgan fingerprint density at radius 1 is 1.03 bits per heavy atom. The van der Waals surface area contributed by atoms with Crippen molar-refractivity contribution in [2.24, 2.45) is 0 Å². The van der Waals surface area contributed by atoms with E-state index in [-0.39, 0.29) is 16.9 Å². The molecule has 0 aromatic heterocycles. The van der Waals surface area contributed by atoms with Crippen molar-refractivity contribution in [3.63, 3.8) is 0 Å². The van der Waals surface area contributed by atoms with Gasteiger partial charge in [0.2, 0.25) is 0 Å². The molecule has 168 valence electrons. The van der Waals surface area contributed by atoms with Crippen LogP contribution >= 0.6 is 11.6 Å². The minimum Gasteiger partial charge on any atom is -0.507 e. The Balaban J connectivity index is 1.66. The van der Waals surface area contributed by atoms with Gasteiger partial charge < -0.3 is 14.7 Å². The fourth-order valence-corrected chi connectivity index (χ4v) is 4.28. The zero-order chi connectivity index (χ0) is 22.7. The smallest absolute Gasteiger partial charge is 0.295 e. The number of hydrogen-bond acceptors (Lipinski definition) is 5. The number of benzene rings is 2. The topological polar surface area (TPSA) is 70.1 Å². The van der Waals surface area contributed by atoms with Crippen molar-refractivity contribution in [2.75, 3.05) is 39.4 Å². The highest BCUT2D eigenvalue weighted by Crippen LogP contribution is 2.39. The van der Waals surface area contributed by atoms with Crippen LogP contribution < -0.4 is 0 Å². The summed E-state index contributed by atoms with van der Waals surface area (Å²) in [6.45, 7) is 4.18. The third kappa shape index (κ3) is 4.70. The molecule has 0 bridgehead atoms. The minimum atomic E-state index is -0.752. The molecule has 2 saturated heterocycles. The molecule has 2 heterocycles. The average molecular weight is 459 g/mol. The van der Waals surface area contributed by atoms with E-state index in [9.17, 15) is 19.1 Å². The summed E-state index contributed by atoms with van der Waals surface area (Å²) >= 11 is 6.03. The van der Waals surface area contributed by atoms with Gasteiger partial charge in [-0.15, -0.1) is 0 Å². The summed E-state index contributed by atoms with van der Waals surface area (Å²) in [5.74, 6) is -2.19. The molecule has 1 atom stereocenters. The van der Waals surface area contributed by atoms with Crippen molar-refractivity contribution in [1.29, 1.82) is 0 Å². The largest absolute Gasteiger partial charge is 0.507 e. The Kier molecular flexibility index (Phi) is 6.89. The standard InChI is InChI=1S/C24H24ClFN2O4/c25-18-6-2-16(3-7-18)21-20(22(29)17-4-8-19(26)9-5-17)23(30)24(31)28(21)11-1-10-27-12-14-32-15-13-27/h2-9,21,29H,1,10-15H2. The highest BCUT2D eigenvalue weighted by atomic mass is 35.5. The van der Waals surface area contributed by atoms with Gasteiger partial charge in [0.15, 0.2) is 0 Å². The van der Waals surface area contributed by atoms with E-state index in [2.05, 4.69) is 4.90 Å². The molecule has 4 rings (SSSR count). The number of aliphatic hydroxyl groups excluding tert-OH is 1. The van der Waals surface area contributed by atoms with E-state index >= 15 is 0 Å². The number of carbonyl (C=O) groups is 2. The van der Waals surface area contributed by atoms with Gasteiger partial charge >= 0.3 is 0 Å². The van der Waals surface area contributed by atoms with Crippen molar-refractivity contribution < 1.29 is 23.8 Å². The van der Waals surface area contributed by atoms with Crippen molar-refractivity contribution >= 4 is 29.1 Å². The lowest BCUT2D eigenvalue weighted by Gasteiger charge is -2.29. The molecule has 1 unspecified atom stereocenters. The number of ether oxygens (including phenoxy) is 1. The molecule has 2 aromatic carbocycles. The SMILES string of the molecule is O=C1C(=O)N(CCCN2CCOCC2)C(c2ccc(Cl)cc2)C1=C(O)c1ccc(F)cc1. The van der Waals surface area contributed by atoms with E-state index in [1.54, 1.807) is 24.3 Å². The molecule has 8 heteroatoms. The van der Waals surface area contributed by atoms with Gasteiger partial charge in [-0.25, -0.2) is 4.39 Å². The molecule has 2 fully saturated rings. The lowest BCUT2D eigenvalue weighted by molar-refractivity contribution is -0.140. The van der Waals surface area contributed by atoms with E-state index in [1.165, 1.54) is 29.2 Å². The summed E-state index contributed by atoms with van der Waals surface area (Å²) in [4.78, 5) is 29.7. The number of rotatable bonds is 6. The first-order chi connectivity index (χ1) is 15.5. The van der Waals surface area contributed by atoms with E-state index < -0.39 is 23.5 Å². The number of morpholine rings is 1. The summed E-state index contributed by atoms with van der Waals surface area (Å²) in [6, 6.07) is 11.3. The first kappa shape index (κ1) is 22.5. The molecule has 0 radical (unpaired) electrons. The van der Waals surface area contributed by atoms with Gasteiger partial charge in [-0.05, 0) is 48.4 Å². The van der Waals surface area contributed by atoms with Gasteiger partial charge in [0.25, 0.3) is 11.7 Å². The molecule has 32 heavy (non-hydrogen) atoms. The van der Waals surface area contributed by atoms with Crippen LogP contribution in [0.1, 0.15) is 23.6 Å². The van der Waals surface area contributed by atoms with Crippen LogP contribution in [0.5, 0.6) is 0 Å². The summed E-state index contributed by atoms with van der Waals surface area (Å²) < 4.78 is 18.7. The van der Waals surface area contributed by atoms with Gasteiger partial charge in [-0.1, -0.05) is 23.7 Å². The molecule has 2 aliphatic rings. The second-order valence-electron chi connectivity index (χ2n) is 7.86. The van der Waals surface area contributed by atoms with Crippen LogP contribution in [-0.2, 0) is 14.3 Å². The van der Waals surface area contributed by atoms with Gasteiger partial charge in [-0.2, -0.15) is 0 Å². The lowest BCUT2D eigenvalue weighted by Crippen LogP contribution is -2.38. The zero-order valence-corrected chi connectivity index (χ0v) is 18.2. The zero-order valence-electron chi connectivity index (χ0n) is 17.5. The highest BCUT2D eigenvalue weighted by molar-refractivity contribution is 6.46. The molecule has 1 N–H and O–H groups in total. The molecule has 0 spiro atoms. The van der Waals surface area contributed by atoms with Gasteiger partial charge in [-0.3, -0.25) is 14.5 Å². The van der Waals surface area contributed by atoms with Crippen LogP contribution in [0, 0.1) is 5.82 Å². The fraction of sp³-hybridized carbons (Fsp3) is 0.333. The van der Waals surface area contributed by atoms with Crippen LogP contribution in [0.2, 0.25) is 5.02 Å². The number of likely N-dealkylation sites (tertiary alicyclic amines) is 1. The number of carbonyl (C=O) groups excluding carboxylic acids is 2. The quantitative estimate of drug-likeness (QED) is 0.407. The first-order valence-electron chi connectivity index (χ1n) is 10.6. The first-order valence-corrected chi connectivity index (χ1v) is 10.9. The average Bonchev–Trinajstić information content (AvgIpc) is 3.05. The summed E-state index contributed by atoms with van der Waals surface area (Å²) in [7, 11) is 0. The molecule has 0 aliphatic carbocycles. The number of ketones is 1. The Morgan fingerprint density at radius 2 is 1.69 bits per heavy atom. The van der Waals surface area contributed by atoms with Crippen molar-refractivity contribution in [3.8, 4) is 0 Å². The fourth-order valence-electron chi connectivity index (χ4n) is 4.15. The Bertz CT molecular complexity index is 1020. The molecular weight excluding hydrogens is 435 g/mol. The van der Waals surface area contributed by atoms with Crippen LogP contribution in [0.3, 0.4) is 0 Å². The number of aliphatic hydroxyl groups is 1. The second-order valence-corrected chi connectivity index (χ2v) is 8.29. The molecule has 2 aliphatic heterocycles. The molecule has 6 nitrogen and oxygen atoms in total. The molecule has 2 aromatic rings. The normalized spacial score (nSPS) is 21.3. The van der Waals surface area contributed by atoms with Crippen LogP contribution in [0.4, 0.5) is 4.39 Å². The van der Waals surface area contributed by atoms with Gasteiger partial charge in [0.1, 0.15) is 11.6 Å². The van der Waals surface area contributed by atoms with Crippen LogP contribution in [0.15, 0.2) is 54.1 Å². The van der Waals surface area contributed by atoms with Crippen molar-refractivity contribution in [2.45, 2.75) is 12.5 Å². The predicted molar refractivity (Wildman–Crippen MR) is 119 cm³/mol. The van der Waals surface area contributed by atoms with E-state index in [1.807, 2.05) is 0 Å². The molecular formula is C24H24ClFN2O4. The number of halogens is 2. The number of amides is 1. The number of nitrogens with zero attached hydrogens (tertiary/aromatic N) is 2. The third-order valence-corrected chi connectivity index (χ3v) is 6.07. The van der Waals surface area contributed by atoms with Crippen LogP contribution in [0.25, 0.3) is 5.76 Å². The maximum atomic E-state index is 13.3. The second kappa shape index (κ2) is 9.81. The Hall–Kier alpha value is -2.74. The number of Topliss-reactive ketones (excluding diaryl/α,β-unsaturated/α-hetero) is 1. The van der Waals surface area contributed by atoms with E-state index in [0.717, 1.165) is 19.6 Å². The summed E-state index contributed by atoms with van der Waals surface area (Å²) in [5.41, 5.74) is 0.940. The monoisotopic (exact) mass is 458 g/mol. The summed E-state index contributed by atoms with van der Waals surface area (Å²) in [5, 5.41) is 11.5. The third-order valence-electron chi connectivity index (χ3n) is 5.82. The summed E-state index contributed by atoms with van der Waals surface area (Å²) in [6.07, 6.45) is 0.674. The van der Waals surface area contributed by atoms with Crippen LogP contribution in [-0.4, -0.2) is 66.0 Å². The minimum absolute atomic E-state index is 0.00435. The number of hydrogen-bond donors (Lipinski definition) is 1. The maximum Gasteiger partial charge on any atom is 0.295 e. The highest BCUT2D eigenvalue weighted by Gasteiger charge is 2.45. The molecule has 0 saturated carbocycles. The Labute approximate surface area is 190 Å². The van der Waals surface area contributed by atoms with Gasteiger partial charge in [0, 0.05) is 36.8 Å². The van der Waals surface area contributed by atoms with Gasteiger partial charge in [0.05, 0.1) is 24.8 Å². The van der Waals surface area contributed by atoms with E-state index in [0.29, 0.717) is 36.8 Å². The Morgan fingerprint density at radius 3 is 2.34 bits per heavy atom. The lowest BCUT2D eigenvalue weighted by atomic mass is 9.95. The van der Waals surface area contributed by atoms with Crippen molar-refractivity contribution in [3.05, 3.63) is 76.1 Å². The van der Waals surface area contributed by atoms with Crippen molar-refractivity contribution in [1.82, 2.24) is 9.80 Å². The molecule has 1 amide bonds. The van der Waals surface area contributed by atoms with E-state index in [4.69, 9.17) is 16.3 Å².